The molecule has 0 fully saturated rings. The van der Waals surface area contributed by atoms with Crippen LogP contribution in [0.4, 0.5) is 0 Å². The van der Waals surface area contributed by atoms with Gasteiger partial charge in [0.2, 0.25) is 0 Å². The van der Waals surface area contributed by atoms with Crippen molar-refractivity contribution in [2.24, 2.45) is 5.92 Å². The van der Waals surface area contributed by atoms with Gasteiger partial charge in [0.05, 0.1) is 6.61 Å². The lowest BCUT2D eigenvalue weighted by Gasteiger charge is -2.03. The van der Waals surface area contributed by atoms with E-state index < -0.39 is 5.92 Å². The number of Topliss-reactive ketones (excluding diaryl/α,β-unsaturated/α-hetero) is 1. The lowest BCUT2D eigenvalue weighted by molar-refractivity contribution is -0.124. The Labute approximate surface area is 53.7 Å². The number of rotatable bonds is 4. The molecule has 0 rings (SSSR count). The summed E-state index contributed by atoms with van der Waals surface area (Å²) in [5, 5.41) is 8.45. The highest BCUT2D eigenvalue weighted by Crippen LogP contribution is 1.99. The molecule has 3 nitrogen and oxygen atoms in total. The van der Waals surface area contributed by atoms with Crippen LogP contribution < -0.4 is 0 Å². The molecule has 52 valence electrons. The third-order valence-corrected chi connectivity index (χ3v) is 1.18. The maximum absolute atomic E-state index is 10.4. The summed E-state index contributed by atoms with van der Waals surface area (Å²) in [5.74, 6) is -0.618. The van der Waals surface area contributed by atoms with Gasteiger partial charge in [0.15, 0.2) is 0 Å². The van der Waals surface area contributed by atoms with Crippen LogP contribution in [-0.4, -0.2) is 23.8 Å². The first-order chi connectivity index (χ1) is 4.22. The van der Waals surface area contributed by atoms with Gasteiger partial charge >= 0.3 is 0 Å². The van der Waals surface area contributed by atoms with E-state index in [1.54, 1.807) is 0 Å². The van der Waals surface area contributed by atoms with Crippen molar-refractivity contribution in [3.8, 4) is 0 Å². The van der Waals surface area contributed by atoms with Crippen molar-refractivity contribution in [2.45, 2.75) is 13.3 Å². The number of carbonyl (C=O) groups is 2. The first-order valence-corrected chi connectivity index (χ1v) is 2.77. The van der Waals surface area contributed by atoms with Crippen LogP contribution in [0.2, 0.25) is 0 Å². The molecule has 1 atom stereocenters. The van der Waals surface area contributed by atoms with Gasteiger partial charge in [-0.3, -0.25) is 4.79 Å². The fraction of sp³-hybridized carbons (Fsp3) is 0.667. The van der Waals surface area contributed by atoms with Crippen LogP contribution in [-0.2, 0) is 9.59 Å². The van der Waals surface area contributed by atoms with E-state index in [1.807, 2.05) is 0 Å². The molecule has 0 aliphatic heterocycles. The predicted octanol–water partition coefficient (Wildman–Crippen LogP) is -0.227. The summed E-state index contributed by atoms with van der Waals surface area (Å²) in [6.07, 6.45) is 0.772. The fourth-order valence-electron chi connectivity index (χ4n) is 0.485. The highest BCUT2D eigenvalue weighted by molar-refractivity contribution is 5.80. The average Bonchev–Trinajstić information content (AvgIpc) is 1.82. The minimum atomic E-state index is -0.484. The number of aliphatic hydroxyl groups excluding tert-OH is 1. The third-order valence-electron chi connectivity index (χ3n) is 1.18. The van der Waals surface area contributed by atoms with Crippen LogP contribution in [0.3, 0.4) is 0 Å². The summed E-state index contributed by atoms with van der Waals surface area (Å²) >= 11 is 0. The Morgan fingerprint density at radius 3 is 2.44 bits per heavy atom. The minimum Gasteiger partial charge on any atom is -0.396 e. The van der Waals surface area contributed by atoms with E-state index in [0.29, 0.717) is 6.29 Å². The fourth-order valence-corrected chi connectivity index (χ4v) is 0.485. The number of hydrogen-bond acceptors (Lipinski definition) is 3. The second-order valence-electron chi connectivity index (χ2n) is 1.89. The largest absolute Gasteiger partial charge is 0.396 e. The Balaban J connectivity index is 3.67. The molecule has 0 aromatic rings. The van der Waals surface area contributed by atoms with Crippen molar-refractivity contribution in [1.29, 1.82) is 0 Å². The molecule has 1 N–H and O–H groups in total. The molecular formula is C6H10O3. The molecule has 0 saturated heterocycles. The summed E-state index contributed by atoms with van der Waals surface area (Å²) in [7, 11) is 0. The summed E-state index contributed by atoms with van der Waals surface area (Å²) in [4.78, 5) is 20.3. The lowest BCUT2D eigenvalue weighted by Crippen LogP contribution is -2.15. The predicted molar refractivity (Wildman–Crippen MR) is 31.9 cm³/mol. The van der Waals surface area contributed by atoms with Gasteiger partial charge in [0.25, 0.3) is 0 Å². The van der Waals surface area contributed by atoms with Crippen molar-refractivity contribution in [3.05, 3.63) is 0 Å². The van der Waals surface area contributed by atoms with E-state index in [-0.39, 0.29) is 18.8 Å². The molecule has 0 amide bonds. The van der Waals surface area contributed by atoms with Gasteiger partial charge in [-0.2, -0.15) is 0 Å². The van der Waals surface area contributed by atoms with Gasteiger partial charge in [-0.15, -0.1) is 0 Å². The number of aliphatic hydroxyl groups is 1. The Morgan fingerprint density at radius 1 is 1.78 bits per heavy atom. The molecule has 3 heteroatoms. The lowest BCUT2D eigenvalue weighted by atomic mass is 10.0. The maximum Gasteiger partial charge on any atom is 0.135 e. The smallest absolute Gasteiger partial charge is 0.135 e. The van der Waals surface area contributed by atoms with E-state index >= 15 is 0 Å². The second-order valence-corrected chi connectivity index (χ2v) is 1.89. The Kier molecular flexibility index (Phi) is 3.88. The van der Waals surface area contributed by atoms with Crippen LogP contribution in [0.1, 0.15) is 13.3 Å². The zero-order chi connectivity index (χ0) is 7.28. The molecule has 0 heterocycles. The van der Waals surface area contributed by atoms with Crippen LogP contribution >= 0.6 is 0 Å². The van der Waals surface area contributed by atoms with E-state index in [0.717, 1.165) is 0 Å². The van der Waals surface area contributed by atoms with Gasteiger partial charge in [0, 0.05) is 12.3 Å². The SMILES string of the molecule is CC(=O)C(CO)CC=O. The normalized spacial score (nSPS) is 12.7. The standard InChI is InChI=1S/C6H10O3/c1-5(9)6(4-8)2-3-7/h3,6,8H,2,4H2,1H3. The third kappa shape index (κ3) is 2.98. The van der Waals surface area contributed by atoms with Gasteiger partial charge in [-0.1, -0.05) is 0 Å². The number of ketones is 1. The first-order valence-electron chi connectivity index (χ1n) is 2.77. The zero-order valence-electron chi connectivity index (χ0n) is 5.33. The quantitative estimate of drug-likeness (QED) is 0.535. The highest BCUT2D eigenvalue weighted by Gasteiger charge is 2.10. The minimum absolute atomic E-state index is 0.131. The van der Waals surface area contributed by atoms with Crippen molar-refractivity contribution in [2.75, 3.05) is 6.61 Å². The molecule has 1 unspecified atom stereocenters. The van der Waals surface area contributed by atoms with Crippen molar-refractivity contribution >= 4 is 12.1 Å². The topological polar surface area (TPSA) is 54.4 Å². The first kappa shape index (κ1) is 8.30. The van der Waals surface area contributed by atoms with E-state index in [1.165, 1.54) is 6.92 Å². The van der Waals surface area contributed by atoms with Crippen molar-refractivity contribution < 1.29 is 14.7 Å². The molecule has 0 aliphatic rings. The molecule has 0 aliphatic carbocycles. The summed E-state index contributed by atoms with van der Waals surface area (Å²) in [6.45, 7) is 1.14. The molecule has 9 heavy (non-hydrogen) atoms. The van der Waals surface area contributed by atoms with Gasteiger partial charge in [-0.25, -0.2) is 0 Å². The zero-order valence-corrected chi connectivity index (χ0v) is 5.33. The Hall–Kier alpha value is -0.700. The van der Waals surface area contributed by atoms with E-state index in [9.17, 15) is 9.59 Å². The maximum atomic E-state index is 10.4. The molecule has 0 bridgehead atoms. The van der Waals surface area contributed by atoms with Gasteiger partial charge < -0.3 is 9.90 Å². The molecule has 0 aromatic heterocycles. The van der Waals surface area contributed by atoms with E-state index in [2.05, 4.69) is 0 Å². The number of carbonyl (C=O) groups excluding carboxylic acids is 2. The molecule has 0 saturated carbocycles. The summed E-state index contributed by atoms with van der Waals surface area (Å²) in [5.41, 5.74) is 0. The summed E-state index contributed by atoms with van der Waals surface area (Å²) in [6, 6.07) is 0. The van der Waals surface area contributed by atoms with Crippen LogP contribution in [0, 0.1) is 5.92 Å². The number of hydrogen-bond donors (Lipinski definition) is 1. The molecule has 0 radical (unpaired) electrons. The average molecular weight is 130 g/mol. The molecule has 0 spiro atoms. The van der Waals surface area contributed by atoms with Gasteiger partial charge in [-0.05, 0) is 6.92 Å². The second kappa shape index (κ2) is 4.21. The Morgan fingerprint density at radius 2 is 2.33 bits per heavy atom. The summed E-state index contributed by atoms with van der Waals surface area (Å²) < 4.78 is 0. The van der Waals surface area contributed by atoms with Crippen molar-refractivity contribution in [3.63, 3.8) is 0 Å². The van der Waals surface area contributed by atoms with E-state index in [4.69, 9.17) is 5.11 Å². The van der Waals surface area contributed by atoms with Gasteiger partial charge in [0.1, 0.15) is 12.1 Å². The molecule has 0 aromatic carbocycles. The number of aldehydes is 1. The molecular weight excluding hydrogens is 120 g/mol. The van der Waals surface area contributed by atoms with Crippen LogP contribution in [0.25, 0.3) is 0 Å². The van der Waals surface area contributed by atoms with Crippen LogP contribution in [0.15, 0.2) is 0 Å². The van der Waals surface area contributed by atoms with Crippen molar-refractivity contribution in [1.82, 2.24) is 0 Å². The monoisotopic (exact) mass is 130 g/mol. The van der Waals surface area contributed by atoms with Crippen LogP contribution in [0.5, 0.6) is 0 Å². The highest BCUT2D eigenvalue weighted by atomic mass is 16.3. The Bertz CT molecular complexity index is 109.